The fourth-order valence-corrected chi connectivity index (χ4v) is 0.943. The lowest BCUT2D eigenvalue weighted by Crippen LogP contribution is -2.03. The van der Waals surface area contributed by atoms with Gasteiger partial charge in [-0.15, -0.1) is 0 Å². The lowest BCUT2D eigenvalue weighted by molar-refractivity contribution is 0.999. The van der Waals surface area contributed by atoms with Crippen molar-refractivity contribution in [1.82, 2.24) is 4.98 Å². The van der Waals surface area contributed by atoms with E-state index in [2.05, 4.69) is 4.98 Å². The summed E-state index contributed by atoms with van der Waals surface area (Å²) in [5.41, 5.74) is 2.03. The zero-order chi connectivity index (χ0) is 7.56. The van der Waals surface area contributed by atoms with Gasteiger partial charge in [-0.05, 0) is 13.3 Å². The van der Waals surface area contributed by atoms with E-state index in [0.717, 1.165) is 17.8 Å². The van der Waals surface area contributed by atoms with Crippen molar-refractivity contribution in [1.29, 1.82) is 0 Å². The molecule has 1 aromatic rings. The van der Waals surface area contributed by atoms with Crippen LogP contribution in [-0.4, -0.2) is 4.98 Å². The molecule has 1 heterocycles. The zero-order valence-corrected chi connectivity index (χ0v) is 6.27. The first-order valence-electron chi connectivity index (χ1n) is 3.42. The third-order valence-electron chi connectivity index (χ3n) is 1.41. The van der Waals surface area contributed by atoms with Crippen LogP contribution in [-0.2, 0) is 6.42 Å². The molecule has 0 unspecified atom stereocenters. The highest BCUT2D eigenvalue weighted by Gasteiger charge is 1.91. The Morgan fingerprint density at radius 2 is 2.20 bits per heavy atom. The molecule has 0 atom stereocenters. The number of pyridine rings is 1. The molecule has 0 saturated carbocycles. The molecule has 0 aliphatic heterocycles. The first-order valence-corrected chi connectivity index (χ1v) is 3.42. The number of aromatic amines is 1. The van der Waals surface area contributed by atoms with Gasteiger partial charge in [-0.3, -0.25) is 4.79 Å². The molecule has 10 heavy (non-hydrogen) atoms. The van der Waals surface area contributed by atoms with Crippen molar-refractivity contribution in [3.8, 4) is 0 Å². The molecule has 0 fully saturated rings. The summed E-state index contributed by atoms with van der Waals surface area (Å²) in [5, 5.41) is 0. The predicted octanol–water partition coefficient (Wildman–Crippen LogP) is 1.25. The van der Waals surface area contributed by atoms with Crippen molar-refractivity contribution in [3.63, 3.8) is 0 Å². The molecule has 0 aliphatic carbocycles. The van der Waals surface area contributed by atoms with E-state index in [1.54, 1.807) is 12.1 Å². The van der Waals surface area contributed by atoms with E-state index >= 15 is 0 Å². The van der Waals surface area contributed by atoms with Crippen molar-refractivity contribution >= 4 is 0 Å². The van der Waals surface area contributed by atoms with Gasteiger partial charge in [-0.25, -0.2) is 0 Å². The summed E-state index contributed by atoms with van der Waals surface area (Å²) in [7, 11) is 0. The largest absolute Gasteiger partial charge is 0.362 e. The van der Waals surface area contributed by atoms with Crippen LogP contribution >= 0.6 is 0 Å². The maximum atomic E-state index is 10.9. The van der Waals surface area contributed by atoms with Crippen LogP contribution in [0.4, 0.5) is 0 Å². The Bertz CT molecular complexity index is 275. The molecule has 54 valence electrons. The number of hydrogen-bond donors (Lipinski definition) is 1. The second-order valence-electron chi connectivity index (χ2n) is 2.38. The monoisotopic (exact) mass is 137 g/mol. The van der Waals surface area contributed by atoms with Gasteiger partial charge in [-0.1, -0.05) is 6.92 Å². The maximum absolute atomic E-state index is 10.9. The fourth-order valence-electron chi connectivity index (χ4n) is 0.943. The maximum Gasteiger partial charge on any atom is 0.182 e. The second-order valence-corrected chi connectivity index (χ2v) is 2.38. The summed E-state index contributed by atoms with van der Waals surface area (Å²) in [6, 6.07) is 3.23. The van der Waals surface area contributed by atoms with Gasteiger partial charge in [0.25, 0.3) is 0 Å². The highest BCUT2D eigenvalue weighted by atomic mass is 16.1. The number of aryl methyl sites for hydroxylation is 2. The van der Waals surface area contributed by atoms with Gasteiger partial charge in [0.15, 0.2) is 5.43 Å². The number of nitrogens with one attached hydrogen (secondary N) is 1. The van der Waals surface area contributed by atoms with Crippen molar-refractivity contribution in [2.45, 2.75) is 20.3 Å². The Morgan fingerprint density at radius 1 is 1.50 bits per heavy atom. The molecule has 2 nitrogen and oxygen atoms in total. The van der Waals surface area contributed by atoms with E-state index in [1.807, 2.05) is 13.8 Å². The van der Waals surface area contributed by atoms with E-state index in [9.17, 15) is 4.79 Å². The van der Waals surface area contributed by atoms with Crippen LogP contribution in [0.2, 0.25) is 0 Å². The summed E-state index contributed by atoms with van der Waals surface area (Å²) < 4.78 is 0. The average Bonchev–Trinajstić information content (AvgIpc) is 1.85. The van der Waals surface area contributed by atoms with E-state index < -0.39 is 0 Å². The quantitative estimate of drug-likeness (QED) is 0.620. The van der Waals surface area contributed by atoms with Gasteiger partial charge in [0, 0.05) is 23.5 Å². The molecule has 0 aliphatic rings. The predicted molar refractivity (Wildman–Crippen MR) is 41.2 cm³/mol. The molecule has 0 radical (unpaired) electrons. The third kappa shape index (κ3) is 1.47. The lowest BCUT2D eigenvalue weighted by atomic mass is 10.2. The summed E-state index contributed by atoms with van der Waals surface area (Å²) in [6.45, 7) is 3.91. The number of rotatable bonds is 1. The standard InChI is InChI=1S/C8H11NO/c1-3-7-5-8(10)4-6(2)9-7/h4-5H,3H2,1-2H3,(H,9,10). The number of aromatic nitrogens is 1. The normalized spacial score (nSPS) is 9.80. The minimum absolute atomic E-state index is 0.0908. The van der Waals surface area contributed by atoms with Gasteiger partial charge in [0.05, 0.1) is 0 Å². The Balaban J connectivity index is 3.19. The van der Waals surface area contributed by atoms with E-state index in [0.29, 0.717) is 0 Å². The molecule has 1 rings (SSSR count). The minimum atomic E-state index is 0.0908. The van der Waals surface area contributed by atoms with Gasteiger partial charge >= 0.3 is 0 Å². The topological polar surface area (TPSA) is 32.9 Å². The fraction of sp³-hybridized carbons (Fsp3) is 0.375. The highest BCUT2D eigenvalue weighted by Crippen LogP contribution is 1.92. The molecule has 1 aromatic heterocycles. The van der Waals surface area contributed by atoms with Gasteiger partial charge in [-0.2, -0.15) is 0 Å². The SMILES string of the molecule is CCc1cc(=O)cc(C)[nH]1. The van der Waals surface area contributed by atoms with Crippen molar-refractivity contribution < 1.29 is 0 Å². The van der Waals surface area contributed by atoms with Gasteiger partial charge < -0.3 is 4.98 Å². The van der Waals surface area contributed by atoms with E-state index in [4.69, 9.17) is 0 Å². The van der Waals surface area contributed by atoms with Crippen molar-refractivity contribution in [2.75, 3.05) is 0 Å². The summed E-state index contributed by atoms with van der Waals surface area (Å²) in [4.78, 5) is 13.9. The van der Waals surface area contributed by atoms with Crippen molar-refractivity contribution in [2.24, 2.45) is 0 Å². The summed E-state index contributed by atoms with van der Waals surface area (Å²) in [6.07, 6.45) is 0.886. The molecule has 0 bridgehead atoms. The first-order chi connectivity index (χ1) is 4.72. The highest BCUT2D eigenvalue weighted by molar-refractivity contribution is 5.09. The Hall–Kier alpha value is -1.05. The van der Waals surface area contributed by atoms with Gasteiger partial charge in [0.1, 0.15) is 0 Å². The van der Waals surface area contributed by atoms with Crippen LogP contribution in [0.25, 0.3) is 0 Å². The second kappa shape index (κ2) is 2.69. The Kier molecular flexibility index (Phi) is 1.90. The summed E-state index contributed by atoms with van der Waals surface area (Å²) >= 11 is 0. The number of hydrogen-bond acceptors (Lipinski definition) is 1. The van der Waals surface area contributed by atoms with E-state index in [1.165, 1.54) is 0 Å². The smallest absolute Gasteiger partial charge is 0.182 e. The Morgan fingerprint density at radius 3 is 2.70 bits per heavy atom. The average molecular weight is 137 g/mol. The van der Waals surface area contributed by atoms with Gasteiger partial charge in [0.2, 0.25) is 0 Å². The van der Waals surface area contributed by atoms with Crippen LogP contribution in [0.1, 0.15) is 18.3 Å². The van der Waals surface area contributed by atoms with Crippen LogP contribution < -0.4 is 5.43 Å². The van der Waals surface area contributed by atoms with Crippen LogP contribution in [0, 0.1) is 6.92 Å². The van der Waals surface area contributed by atoms with E-state index in [-0.39, 0.29) is 5.43 Å². The van der Waals surface area contributed by atoms with Crippen LogP contribution in [0.3, 0.4) is 0 Å². The molecule has 1 N–H and O–H groups in total. The first kappa shape index (κ1) is 7.06. The van der Waals surface area contributed by atoms with Crippen molar-refractivity contribution in [3.05, 3.63) is 33.7 Å². The zero-order valence-electron chi connectivity index (χ0n) is 6.27. The molecule has 0 saturated heterocycles. The van der Waals surface area contributed by atoms with Crippen LogP contribution in [0.5, 0.6) is 0 Å². The molecule has 0 aromatic carbocycles. The molecular formula is C8H11NO. The Labute approximate surface area is 59.9 Å². The third-order valence-corrected chi connectivity index (χ3v) is 1.41. The molecular weight excluding hydrogens is 126 g/mol. The molecule has 2 heteroatoms. The summed E-state index contributed by atoms with van der Waals surface area (Å²) in [5.74, 6) is 0. The number of H-pyrrole nitrogens is 1. The lowest BCUT2D eigenvalue weighted by Gasteiger charge is -1.96. The van der Waals surface area contributed by atoms with Crippen LogP contribution in [0.15, 0.2) is 16.9 Å². The molecule has 0 amide bonds. The minimum Gasteiger partial charge on any atom is -0.362 e. The molecule has 0 spiro atoms.